The number of nitrogens with zero attached hydrogens (tertiary/aromatic N) is 2. The molecule has 2 aliphatic heterocycles. The molecule has 1 atom stereocenters. The minimum Gasteiger partial charge on any atom is -0.496 e. The smallest absolute Gasteiger partial charge is 0.161 e. The number of methoxy groups -OCH3 is 2. The Bertz CT molecular complexity index is 801. The van der Waals surface area contributed by atoms with E-state index < -0.39 is 0 Å². The molecule has 0 aromatic heterocycles. The lowest BCUT2D eigenvalue weighted by Gasteiger charge is -2.37. The maximum absolute atomic E-state index is 6.09. The first kappa shape index (κ1) is 20.6. The molecule has 0 N–H and O–H groups in total. The molecule has 0 aliphatic carbocycles. The van der Waals surface area contributed by atoms with Crippen LogP contribution < -0.4 is 23.7 Å². The van der Waals surface area contributed by atoms with Gasteiger partial charge in [0.25, 0.3) is 0 Å². The number of hydrogen-bond acceptors (Lipinski definition) is 7. The summed E-state index contributed by atoms with van der Waals surface area (Å²) in [5, 5.41) is 0. The van der Waals surface area contributed by atoms with E-state index in [-0.39, 0.29) is 6.10 Å². The minimum atomic E-state index is 0.0813. The van der Waals surface area contributed by atoms with Gasteiger partial charge in [-0.1, -0.05) is 12.1 Å². The summed E-state index contributed by atoms with van der Waals surface area (Å²) < 4.78 is 28.4. The van der Waals surface area contributed by atoms with Crippen molar-refractivity contribution in [2.45, 2.75) is 6.10 Å². The van der Waals surface area contributed by atoms with Crippen molar-refractivity contribution in [1.29, 1.82) is 0 Å². The van der Waals surface area contributed by atoms with Gasteiger partial charge in [-0.2, -0.15) is 0 Å². The zero-order valence-corrected chi connectivity index (χ0v) is 17.7. The van der Waals surface area contributed by atoms with Gasteiger partial charge in [0.1, 0.15) is 36.6 Å². The molecule has 0 spiro atoms. The quantitative estimate of drug-likeness (QED) is 0.658. The summed E-state index contributed by atoms with van der Waals surface area (Å²) in [7, 11) is 3.28. The zero-order chi connectivity index (χ0) is 20.8. The first-order valence-electron chi connectivity index (χ1n) is 10.4. The highest BCUT2D eigenvalue weighted by Gasteiger charge is 2.25. The summed E-state index contributed by atoms with van der Waals surface area (Å²) in [6.07, 6.45) is 0.0813. The molecule has 1 fully saturated rings. The molecule has 2 aliphatic rings. The van der Waals surface area contributed by atoms with Gasteiger partial charge in [0.15, 0.2) is 11.5 Å². The third-order valence-electron chi connectivity index (χ3n) is 5.50. The van der Waals surface area contributed by atoms with Crippen LogP contribution in [0.15, 0.2) is 42.5 Å². The lowest BCUT2D eigenvalue weighted by Crippen LogP contribution is -2.51. The third kappa shape index (κ3) is 5.29. The summed E-state index contributed by atoms with van der Waals surface area (Å²) in [5.74, 6) is 3.91. The molecule has 7 nitrogen and oxygen atoms in total. The van der Waals surface area contributed by atoms with E-state index in [2.05, 4.69) is 9.80 Å². The van der Waals surface area contributed by atoms with Gasteiger partial charge in [-0.3, -0.25) is 9.80 Å². The van der Waals surface area contributed by atoms with Gasteiger partial charge in [0.2, 0.25) is 0 Å². The number of fused-ring (bicyclic) bond motifs is 1. The van der Waals surface area contributed by atoms with Gasteiger partial charge < -0.3 is 23.7 Å². The monoisotopic (exact) mass is 414 g/mol. The topological polar surface area (TPSA) is 52.6 Å². The van der Waals surface area contributed by atoms with Crippen molar-refractivity contribution in [1.82, 2.24) is 9.80 Å². The minimum absolute atomic E-state index is 0.0813. The Morgan fingerprint density at radius 1 is 0.867 bits per heavy atom. The molecule has 0 radical (unpaired) electrons. The largest absolute Gasteiger partial charge is 0.496 e. The standard InChI is InChI=1S/C23H30N2O5/c1-26-18-13-19(27-2)15-20(14-18)28-12-11-24-7-9-25(10-8-24)16-21-17-29-22-5-3-4-6-23(22)30-21/h3-6,13-15,21H,7-12,16-17H2,1-2H3. The molecule has 1 saturated heterocycles. The molecule has 2 aromatic carbocycles. The third-order valence-corrected chi connectivity index (χ3v) is 5.50. The fourth-order valence-corrected chi connectivity index (χ4v) is 3.79. The van der Waals surface area contributed by atoms with Crippen LogP contribution in [0.3, 0.4) is 0 Å². The van der Waals surface area contributed by atoms with Crippen LogP contribution in [0, 0.1) is 0 Å². The first-order chi connectivity index (χ1) is 14.7. The number of rotatable bonds is 8. The molecule has 162 valence electrons. The molecule has 0 amide bonds. The van der Waals surface area contributed by atoms with Crippen LogP contribution in [-0.2, 0) is 0 Å². The predicted molar refractivity (Wildman–Crippen MR) is 114 cm³/mol. The SMILES string of the molecule is COc1cc(OC)cc(OCCN2CCN(CC3COc4ccccc4O3)CC2)c1. The van der Waals surface area contributed by atoms with E-state index in [1.54, 1.807) is 14.2 Å². The Morgan fingerprint density at radius 2 is 1.50 bits per heavy atom. The van der Waals surface area contributed by atoms with E-state index >= 15 is 0 Å². The number of hydrogen-bond donors (Lipinski definition) is 0. The highest BCUT2D eigenvalue weighted by molar-refractivity contribution is 5.42. The number of benzene rings is 2. The van der Waals surface area contributed by atoms with E-state index in [9.17, 15) is 0 Å². The van der Waals surface area contributed by atoms with Crippen molar-refractivity contribution in [3.05, 3.63) is 42.5 Å². The number of ether oxygens (including phenoxy) is 5. The van der Waals surface area contributed by atoms with E-state index in [1.807, 2.05) is 42.5 Å². The number of para-hydroxylation sites is 2. The van der Waals surface area contributed by atoms with E-state index in [0.29, 0.717) is 13.2 Å². The van der Waals surface area contributed by atoms with Crippen LogP contribution in [0.1, 0.15) is 0 Å². The van der Waals surface area contributed by atoms with Gasteiger partial charge in [-0.15, -0.1) is 0 Å². The molecular weight excluding hydrogens is 384 g/mol. The fourth-order valence-electron chi connectivity index (χ4n) is 3.79. The van der Waals surface area contributed by atoms with E-state index in [4.69, 9.17) is 23.7 Å². The molecule has 1 unspecified atom stereocenters. The van der Waals surface area contributed by atoms with Crippen LogP contribution in [0.5, 0.6) is 28.7 Å². The van der Waals surface area contributed by atoms with Gasteiger partial charge in [-0.25, -0.2) is 0 Å². The van der Waals surface area contributed by atoms with Crippen molar-refractivity contribution < 1.29 is 23.7 Å². The maximum Gasteiger partial charge on any atom is 0.161 e. The number of piperazine rings is 1. The molecule has 30 heavy (non-hydrogen) atoms. The van der Waals surface area contributed by atoms with Crippen LogP contribution in [0.4, 0.5) is 0 Å². The first-order valence-corrected chi connectivity index (χ1v) is 10.4. The molecule has 7 heteroatoms. The summed E-state index contributed by atoms with van der Waals surface area (Å²) >= 11 is 0. The van der Waals surface area contributed by atoms with Crippen LogP contribution in [-0.4, -0.2) is 82.6 Å². The fraction of sp³-hybridized carbons (Fsp3) is 0.478. The van der Waals surface area contributed by atoms with Gasteiger partial charge in [-0.05, 0) is 12.1 Å². The normalized spacial score (nSPS) is 19.3. The molecule has 2 aromatic rings. The Hall–Kier alpha value is -2.64. The second-order valence-electron chi connectivity index (χ2n) is 7.54. The Balaban J connectivity index is 1.18. The summed E-state index contributed by atoms with van der Waals surface area (Å²) in [6, 6.07) is 13.5. The Kier molecular flexibility index (Phi) is 6.81. The van der Waals surface area contributed by atoms with Crippen molar-refractivity contribution in [2.75, 3.05) is 66.7 Å². The second-order valence-corrected chi connectivity index (χ2v) is 7.54. The van der Waals surface area contributed by atoms with Gasteiger partial charge >= 0.3 is 0 Å². The molecule has 4 rings (SSSR count). The van der Waals surface area contributed by atoms with Crippen LogP contribution >= 0.6 is 0 Å². The van der Waals surface area contributed by atoms with E-state index in [0.717, 1.165) is 68.0 Å². The van der Waals surface area contributed by atoms with Crippen molar-refractivity contribution in [3.8, 4) is 28.7 Å². The summed E-state index contributed by atoms with van der Waals surface area (Å²) in [5.41, 5.74) is 0. The van der Waals surface area contributed by atoms with Crippen molar-refractivity contribution >= 4 is 0 Å². The highest BCUT2D eigenvalue weighted by atomic mass is 16.6. The van der Waals surface area contributed by atoms with Gasteiger partial charge in [0.05, 0.1) is 14.2 Å². The lowest BCUT2D eigenvalue weighted by molar-refractivity contribution is 0.0383. The lowest BCUT2D eigenvalue weighted by atomic mass is 10.2. The van der Waals surface area contributed by atoms with Crippen LogP contribution in [0.25, 0.3) is 0 Å². The molecule has 0 bridgehead atoms. The van der Waals surface area contributed by atoms with Crippen molar-refractivity contribution in [2.24, 2.45) is 0 Å². The van der Waals surface area contributed by atoms with Crippen LogP contribution in [0.2, 0.25) is 0 Å². The van der Waals surface area contributed by atoms with E-state index in [1.165, 1.54) is 0 Å². The highest BCUT2D eigenvalue weighted by Crippen LogP contribution is 2.31. The van der Waals surface area contributed by atoms with Gasteiger partial charge in [0, 0.05) is 57.5 Å². The van der Waals surface area contributed by atoms with Crippen molar-refractivity contribution in [3.63, 3.8) is 0 Å². The predicted octanol–water partition coefficient (Wildman–Crippen LogP) is 2.54. The zero-order valence-electron chi connectivity index (χ0n) is 17.7. The Labute approximate surface area is 178 Å². The molecule has 2 heterocycles. The average Bonchev–Trinajstić information content (AvgIpc) is 2.80. The Morgan fingerprint density at radius 3 is 2.20 bits per heavy atom. The summed E-state index contributed by atoms with van der Waals surface area (Å²) in [4.78, 5) is 4.88. The molecule has 0 saturated carbocycles. The maximum atomic E-state index is 6.09. The summed E-state index contributed by atoms with van der Waals surface area (Å²) in [6.45, 7) is 7.11. The molecular formula is C23H30N2O5. The second kappa shape index (κ2) is 9.91. The average molecular weight is 415 g/mol.